The lowest BCUT2D eigenvalue weighted by atomic mass is 10.1. The van der Waals surface area contributed by atoms with Gasteiger partial charge in [0.2, 0.25) is 5.75 Å². The van der Waals surface area contributed by atoms with E-state index in [0.717, 1.165) is 5.56 Å². The van der Waals surface area contributed by atoms with Crippen molar-refractivity contribution in [1.29, 1.82) is 0 Å². The molecule has 0 aliphatic rings. The van der Waals surface area contributed by atoms with Crippen LogP contribution in [0, 0.1) is 0 Å². The van der Waals surface area contributed by atoms with Crippen LogP contribution in [0.1, 0.15) is 29.3 Å². The topological polar surface area (TPSA) is 150 Å². The monoisotopic (exact) mass is 654 g/mol. The Hall–Kier alpha value is -3.01. The summed E-state index contributed by atoms with van der Waals surface area (Å²) >= 11 is 0. The smallest absolute Gasteiger partial charge is 0.338 e. The highest BCUT2D eigenvalue weighted by Gasteiger charge is 2.20. The molecule has 2 aromatic rings. The largest absolute Gasteiger partial charge is 0.487 e. The molecule has 0 atom stereocenters. The van der Waals surface area contributed by atoms with Gasteiger partial charge in [0.25, 0.3) is 0 Å². The number of hydrogen-bond acceptors (Lipinski definition) is 13. The Morgan fingerprint density at radius 3 is 1.43 bits per heavy atom. The molecule has 0 saturated carbocycles. The fourth-order valence-corrected chi connectivity index (χ4v) is 3.69. The zero-order chi connectivity index (χ0) is 32.9. The molecule has 13 nitrogen and oxygen atoms in total. The van der Waals surface area contributed by atoms with Crippen LogP contribution in [-0.4, -0.2) is 128 Å². The van der Waals surface area contributed by atoms with Gasteiger partial charge in [-0.2, -0.15) is 0 Å². The molecule has 0 aromatic heterocycles. The predicted molar refractivity (Wildman–Crippen MR) is 168 cm³/mol. The zero-order valence-electron chi connectivity index (χ0n) is 26.9. The predicted octanol–water partition coefficient (Wildman–Crippen LogP) is 2.67. The van der Waals surface area contributed by atoms with Crippen molar-refractivity contribution in [3.05, 3.63) is 53.6 Å². The quantitative estimate of drug-likeness (QED) is 0.0940. The van der Waals surface area contributed by atoms with Crippen molar-refractivity contribution >= 4 is 5.97 Å². The van der Waals surface area contributed by atoms with Crippen LogP contribution >= 0.6 is 0 Å². The lowest BCUT2D eigenvalue weighted by Crippen LogP contribution is -2.15. The lowest BCUT2D eigenvalue weighted by Gasteiger charge is -2.19. The molecular weight excluding hydrogens is 604 g/mol. The fourth-order valence-electron chi connectivity index (χ4n) is 3.69. The van der Waals surface area contributed by atoms with E-state index in [-0.39, 0.29) is 71.6 Å². The second-order valence-electron chi connectivity index (χ2n) is 9.53. The molecule has 0 saturated heterocycles. The molecule has 0 fully saturated rings. The molecule has 0 amide bonds. The van der Waals surface area contributed by atoms with E-state index in [9.17, 15) is 4.79 Å². The summed E-state index contributed by atoms with van der Waals surface area (Å²) in [6, 6.07) is 12.8. The maximum atomic E-state index is 12.8. The Balaban J connectivity index is 1.99. The summed E-state index contributed by atoms with van der Waals surface area (Å²) in [7, 11) is 0. The average Bonchev–Trinajstić information content (AvgIpc) is 3.08. The summed E-state index contributed by atoms with van der Waals surface area (Å²) in [5.74, 6) is 0.471. The first kappa shape index (κ1) is 39.2. The third-order valence-corrected chi connectivity index (χ3v) is 5.85. The summed E-state index contributed by atoms with van der Waals surface area (Å²) < 4.78 is 56.0. The number of carbonyl (C=O) groups excluding carboxylic acids is 1. The minimum Gasteiger partial charge on any atom is -0.487 e. The molecule has 0 aliphatic heterocycles. The third kappa shape index (κ3) is 18.2. The van der Waals surface area contributed by atoms with Gasteiger partial charge < -0.3 is 57.6 Å². The minimum atomic E-state index is -0.501. The summed E-state index contributed by atoms with van der Waals surface area (Å²) in [5.41, 5.74) is 1.21. The van der Waals surface area contributed by atoms with E-state index in [2.05, 4.69) is 0 Å². The number of esters is 1. The Morgan fingerprint density at radius 1 is 0.565 bits per heavy atom. The van der Waals surface area contributed by atoms with E-state index in [1.54, 1.807) is 12.1 Å². The van der Waals surface area contributed by atoms with Crippen molar-refractivity contribution in [1.82, 2.24) is 0 Å². The number of ether oxygens (including phenoxy) is 10. The Labute approximate surface area is 271 Å². The minimum absolute atomic E-state index is 0.0200. The fraction of sp³-hybridized carbons (Fsp3) is 0.606. The Kier molecular flexibility index (Phi) is 23.1. The van der Waals surface area contributed by atoms with Crippen LogP contribution in [0.25, 0.3) is 0 Å². The molecule has 0 unspecified atom stereocenters. The van der Waals surface area contributed by atoms with Crippen molar-refractivity contribution in [2.75, 3.05) is 112 Å². The zero-order valence-corrected chi connectivity index (χ0v) is 26.9. The highest BCUT2D eigenvalue weighted by Crippen LogP contribution is 2.40. The van der Waals surface area contributed by atoms with Crippen LogP contribution in [0.15, 0.2) is 42.5 Å². The molecule has 2 aromatic carbocycles. The van der Waals surface area contributed by atoms with Crippen molar-refractivity contribution in [2.24, 2.45) is 0 Å². The average molecular weight is 655 g/mol. The third-order valence-electron chi connectivity index (χ3n) is 5.85. The molecule has 0 heterocycles. The van der Waals surface area contributed by atoms with Gasteiger partial charge in [-0.1, -0.05) is 37.3 Å². The number of carbonyl (C=O) groups is 1. The molecule has 2 N–H and O–H groups in total. The molecule has 0 radical (unpaired) electrons. The molecule has 260 valence electrons. The summed E-state index contributed by atoms with van der Waals surface area (Å²) in [6.07, 6.45) is 0.685. The molecule has 46 heavy (non-hydrogen) atoms. The van der Waals surface area contributed by atoms with Crippen molar-refractivity contribution in [3.63, 3.8) is 0 Å². The summed E-state index contributed by atoms with van der Waals surface area (Å²) in [6.45, 7) is 7.01. The SMILES string of the molecule is CCCOC(=O)c1cc(OCCOCCOCCOCCO)c(OCc2ccccc2)c(OCCOCCOCCOCCO)c1. The van der Waals surface area contributed by atoms with E-state index < -0.39 is 5.97 Å². The maximum Gasteiger partial charge on any atom is 0.338 e. The first-order valence-electron chi connectivity index (χ1n) is 15.6. The Morgan fingerprint density at radius 2 is 1.00 bits per heavy atom. The van der Waals surface area contributed by atoms with Crippen LogP contribution in [-0.2, 0) is 39.8 Å². The van der Waals surface area contributed by atoms with Crippen LogP contribution < -0.4 is 14.2 Å². The van der Waals surface area contributed by atoms with Crippen LogP contribution in [0.5, 0.6) is 17.2 Å². The van der Waals surface area contributed by atoms with Gasteiger partial charge in [0.05, 0.1) is 105 Å². The van der Waals surface area contributed by atoms with Crippen molar-refractivity contribution < 1.29 is 62.4 Å². The number of hydrogen-bond donors (Lipinski definition) is 2. The standard InChI is InChI=1S/C33H50O13/c1-2-10-45-33(36)29-25-30(43-23-21-41-19-17-39-15-13-37-11-8-34)32(46-27-28-6-4-3-5-7-28)31(26-29)44-24-22-42-20-18-40-16-14-38-12-9-35/h3-7,25-26,34-35H,2,8-24,27H2,1H3. The van der Waals surface area contributed by atoms with E-state index in [1.807, 2.05) is 37.3 Å². The van der Waals surface area contributed by atoms with Gasteiger partial charge in [-0.3, -0.25) is 0 Å². The molecule has 0 spiro atoms. The number of aliphatic hydroxyl groups is 2. The van der Waals surface area contributed by atoms with Crippen LogP contribution in [0.2, 0.25) is 0 Å². The van der Waals surface area contributed by atoms with Crippen LogP contribution in [0.3, 0.4) is 0 Å². The van der Waals surface area contributed by atoms with Crippen molar-refractivity contribution in [2.45, 2.75) is 20.0 Å². The van der Waals surface area contributed by atoms with Gasteiger partial charge in [0, 0.05) is 0 Å². The summed E-state index contributed by atoms with van der Waals surface area (Å²) in [4.78, 5) is 12.8. The van der Waals surface area contributed by atoms with Gasteiger partial charge >= 0.3 is 5.97 Å². The molecule has 0 bridgehead atoms. The molecular formula is C33H50O13. The number of rotatable bonds is 30. The first-order valence-corrected chi connectivity index (χ1v) is 15.6. The highest BCUT2D eigenvalue weighted by atomic mass is 16.6. The van der Waals surface area contributed by atoms with Gasteiger partial charge in [0.1, 0.15) is 19.8 Å². The van der Waals surface area contributed by atoms with Gasteiger partial charge in [-0.05, 0) is 24.1 Å². The second kappa shape index (κ2) is 27.1. The normalized spacial score (nSPS) is 11.0. The highest BCUT2D eigenvalue weighted by molar-refractivity contribution is 5.91. The van der Waals surface area contributed by atoms with Gasteiger partial charge in [-0.25, -0.2) is 4.79 Å². The first-order chi connectivity index (χ1) is 22.7. The maximum absolute atomic E-state index is 12.8. The van der Waals surface area contributed by atoms with Crippen LogP contribution in [0.4, 0.5) is 0 Å². The molecule has 0 aliphatic carbocycles. The van der Waals surface area contributed by atoms with Gasteiger partial charge in [-0.15, -0.1) is 0 Å². The molecule has 2 rings (SSSR count). The van der Waals surface area contributed by atoms with E-state index >= 15 is 0 Å². The number of benzene rings is 2. The Bertz CT molecular complexity index is 975. The van der Waals surface area contributed by atoms with Crippen molar-refractivity contribution in [3.8, 4) is 17.2 Å². The lowest BCUT2D eigenvalue weighted by molar-refractivity contribution is 0.00301. The van der Waals surface area contributed by atoms with E-state index in [0.29, 0.717) is 76.5 Å². The summed E-state index contributed by atoms with van der Waals surface area (Å²) in [5, 5.41) is 17.4. The van der Waals surface area contributed by atoms with Gasteiger partial charge in [0.15, 0.2) is 11.5 Å². The molecule has 13 heteroatoms. The second-order valence-corrected chi connectivity index (χ2v) is 9.53. The number of aliphatic hydroxyl groups excluding tert-OH is 2. The van der Waals surface area contributed by atoms with E-state index in [4.69, 9.17) is 57.6 Å². The van der Waals surface area contributed by atoms with E-state index in [1.165, 1.54) is 0 Å².